The van der Waals surface area contributed by atoms with E-state index >= 15 is 0 Å². The van der Waals surface area contributed by atoms with Crippen LogP contribution in [0.4, 0.5) is 0 Å². The van der Waals surface area contributed by atoms with Gasteiger partial charge < -0.3 is 4.74 Å². The highest BCUT2D eigenvalue weighted by atomic mass is 35.5. The van der Waals surface area contributed by atoms with Crippen molar-refractivity contribution in [3.63, 3.8) is 0 Å². The minimum absolute atomic E-state index is 0.199. The molecule has 1 aromatic heterocycles. The van der Waals surface area contributed by atoms with E-state index in [0.717, 1.165) is 0 Å². The quantitative estimate of drug-likeness (QED) is 0.695. The number of aromatic nitrogens is 1. The lowest BCUT2D eigenvalue weighted by Gasteiger charge is -2.00. The average Bonchev–Trinajstić information content (AvgIpc) is 2.05. The molecule has 0 unspecified atom stereocenters. The monoisotopic (exact) mass is 205 g/mol. The molecule has 5 heteroatoms. The summed E-state index contributed by atoms with van der Waals surface area (Å²) >= 11 is 10.9. The summed E-state index contributed by atoms with van der Waals surface area (Å²) in [4.78, 5) is 14.5. The molecule has 0 aliphatic carbocycles. The number of carbonyl (C=O) groups excluding carboxylic acids is 1. The van der Waals surface area contributed by atoms with E-state index in [1.165, 1.54) is 19.4 Å². The molecule has 0 atom stereocenters. The molecule has 0 bridgehead atoms. The van der Waals surface area contributed by atoms with Crippen molar-refractivity contribution in [1.82, 2.24) is 4.98 Å². The minimum Gasteiger partial charge on any atom is -0.481 e. The average molecular weight is 206 g/mol. The van der Waals surface area contributed by atoms with Gasteiger partial charge in [0.2, 0.25) is 5.88 Å². The smallest absolute Gasteiger partial charge is 0.254 e. The summed E-state index contributed by atoms with van der Waals surface area (Å²) in [5.74, 6) is 0.309. The molecule has 0 spiro atoms. The van der Waals surface area contributed by atoms with Crippen LogP contribution in [0.5, 0.6) is 5.88 Å². The first-order valence-corrected chi connectivity index (χ1v) is 3.80. The number of rotatable bonds is 2. The van der Waals surface area contributed by atoms with E-state index in [1.54, 1.807) is 0 Å². The van der Waals surface area contributed by atoms with Crippen molar-refractivity contribution in [2.24, 2.45) is 0 Å². The van der Waals surface area contributed by atoms with Gasteiger partial charge in [0.1, 0.15) is 0 Å². The number of hydrogen-bond donors (Lipinski definition) is 0. The Morgan fingerprint density at radius 2 is 2.33 bits per heavy atom. The number of hydrogen-bond acceptors (Lipinski definition) is 3. The number of ether oxygens (including phenoxy) is 1. The van der Waals surface area contributed by atoms with Crippen molar-refractivity contribution in [2.75, 3.05) is 7.11 Å². The molecule has 64 valence electrons. The lowest BCUT2D eigenvalue weighted by atomic mass is 10.3. The molecule has 1 rings (SSSR count). The molecular formula is C7H5Cl2NO2. The van der Waals surface area contributed by atoms with Gasteiger partial charge in [-0.1, -0.05) is 11.6 Å². The van der Waals surface area contributed by atoms with Gasteiger partial charge >= 0.3 is 0 Å². The minimum atomic E-state index is -0.624. The van der Waals surface area contributed by atoms with Gasteiger partial charge in [-0.25, -0.2) is 4.98 Å². The van der Waals surface area contributed by atoms with E-state index in [-0.39, 0.29) is 10.6 Å². The van der Waals surface area contributed by atoms with Crippen molar-refractivity contribution in [2.45, 2.75) is 0 Å². The second kappa shape index (κ2) is 3.74. The van der Waals surface area contributed by atoms with E-state index in [4.69, 9.17) is 27.9 Å². The first-order valence-electron chi connectivity index (χ1n) is 3.04. The zero-order chi connectivity index (χ0) is 9.14. The molecule has 3 nitrogen and oxygen atoms in total. The molecule has 0 saturated carbocycles. The van der Waals surface area contributed by atoms with Crippen LogP contribution < -0.4 is 4.74 Å². The van der Waals surface area contributed by atoms with Gasteiger partial charge in [0.15, 0.2) is 0 Å². The van der Waals surface area contributed by atoms with Crippen molar-refractivity contribution < 1.29 is 9.53 Å². The first kappa shape index (κ1) is 9.29. The van der Waals surface area contributed by atoms with Crippen molar-refractivity contribution in [3.8, 4) is 5.88 Å². The highest BCUT2D eigenvalue weighted by molar-refractivity contribution is 6.68. The van der Waals surface area contributed by atoms with Gasteiger partial charge in [-0.15, -0.1) is 0 Å². The third-order valence-corrected chi connectivity index (χ3v) is 1.76. The molecular weight excluding hydrogens is 201 g/mol. The Morgan fingerprint density at radius 3 is 2.83 bits per heavy atom. The van der Waals surface area contributed by atoms with E-state index in [9.17, 15) is 4.79 Å². The lowest BCUT2D eigenvalue weighted by Crippen LogP contribution is -1.94. The van der Waals surface area contributed by atoms with Crippen LogP contribution >= 0.6 is 23.2 Å². The molecule has 1 aromatic rings. The summed E-state index contributed by atoms with van der Waals surface area (Å²) in [5, 5.41) is -0.406. The summed E-state index contributed by atoms with van der Waals surface area (Å²) < 4.78 is 4.78. The van der Waals surface area contributed by atoms with Gasteiger partial charge in [0, 0.05) is 6.07 Å². The van der Waals surface area contributed by atoms with Crippen LogP contribution in [-0.2, 0) is 0 Å². The summed E-state index contributed by atoms with van der Waals surface area (Å²) in [6.45, 7) is 0. The highest BCUT2D eigenvalue weighted by Gasteiger charge is 2.09. The number of pyridine rings is 1. The molecule has 0 saturated heterocycles. The van der Waals surface area contributed by atoms with E-state index in [2.05, 4.69) is 4.98 Å². The summed E-state index contributed by atoms with van der Waals surface area (Å²) in [6.07, 6.45) is 1.32. The zero-order valence-corrected chi connectivity index (χ0v) is 7.69. The van der Waals surface area contributed by atoms with Crippen molar-refractivity contribution in [1.29, 1.82) is 0 Å². The number of carbonyl (C=O) groups is 1. The molecule has 0 N–H and O–H groups in total. The molecule has 0 fully saturated rings. The number of nitrogens with zero attached hydrogens (tertiary/aromatic N) is 1. The molecule has 0 aliphatic heterocycles. The van der Waals surface area contributed by atoms with Crippen LogP contribution in [-0.4, -0.2) is 17.3 Å². The Hall–Kier alpha value is -0.800. The summed E-state index contributed by atoms with van der Waals surface area (Å²) in [6, 6.07) is 1.39. The molecule has 0 amide bonds. The maximum Gasteiger partial charge on any atom is 0.254 e. The lowest BCUT2D eigenvalue weighted by molar-refractivity contribution is 0.108. The summed E-state index contributed by atoms with van der Waals surface area (Å²) in [7, 11) is 1.44. The Bertz CT molecular complexity index is 314. The zero-order valence-electron chi connectivity index (χ0n) is 6.17. The van der Waals surface area contributed by atoms with Crippen LogP contribution in [0.25, 0.3) is 0 Å². The van der Waals surface area contributed by atoms with E-state index in [1.807, 2.05) is 0 Å². The van der Waals surface area contributed by atoms with Crippen LogP contribution in [0.3, 0.4) is 0 Å². The van der Waals surface area contributed by atoms with Gasteiger partial charge in [0.05, 0.1) is 23.9 Å². The van der Waals surface area contributed by atoms with Crippen molar-refractivity contribution >= 4 is 28.4 Å². The van der Waals surface area contributed by atoms with E-state index < -0.39 is 5.24 Å². The Kier molecular flexibility index (Phi) is 2.89. The highest BCUT2D eigenvalue weighted by Crippen LogP contribution is 2.20. The number of halogens is 2. The fourth-order valence-corrected chi connectivity index (χ4v) is 1.08. The van der Waals surface area contributed by atoms with Crippen LogP contribution in [0, 0.1) is 0 Å². The maximum absolute atomic E-state index is 10.7. The predicted molar refractivity (Wildman–Crippen MR) is 46.0 cm³/mol. The molecule has 1 heterocycles. The van der Waals surface area contributed by atoms with Crippen molar-refractivity contribution in [3.05, 3.63) is 22.8 Å². The Morgan fingerprint density at radius 1 is 1.67 bits per heavy atom. The SMILES string of the molecule is COc1cc(C(=O)Cl)c(Cl)cn1. The Balaban J connectivity index is 3.17. The molecule has 12 heavy (non-hydrogen) atoms. The normalized spacial score (nSPS) is 9.58. The van der Waals surface area contributed by atoms with Gasteiger partial charge in [-0.2, -0.15) is 0 Å². The van der Waals surface area contributed by atoms with Crippen LogP contribution in [0.1, 0.15) is 10.4 Å². The van der Waals surface area contributed by atoms with Gasteiger partial charge in [-0.3, -0.25) is 4.79 Å². The third kappa shape index (κ3) is 1.87. The standard InChI is InChI=1S/C7H5Cl2NO2/c1-12-6-2-4(7(9)11)5(8)3-10-6/h2-3H,1H3. The molecule has 0 radical (unpaired) electrons. The van der Waals surface area contributed by atoms with Gasteiger partial charge in [0.25, 0.3) is 5.24 Å². The largest absolute Gasteiger partial charge is 0.481 e. The predicted octanol–water partition coefficient (Wildman–Crippen LogP) is 2.12. The van der Waals surface area contributed by atoms with Crippen LogP contribution in [0.15, 0.2) is 12.3 Å². The second-order valence-electron chi connectivity index (χ2n) is 1.98. The first-order chi connectivity index (χ1) is 5.65. The van der Waals surface area contributed by atoms with E-state index in [0.29, 0.717) is 5.88 Å². The third-order valence-electron chi connectivity index (χ3n) is 1.25. The molecule has 0 aromatic carbocycles. The maximum atomic E-state index is 10.7. The van der Waals surface area contributed by atoms with Gasteiger partial charge in [-0.05, 0) is 11.6 Å². The topological polar surface area (TPSA) is 39.2 Å². The second-order valence-corrected chi connectivity index (χ2v) is 2.73. The fraction of sp³-hybridized carbons (Fsp3) is 0.143. The Labute approximate surface area is 79.3 Å². The fourth-order valence-electron chi connectivity index (χ4n) is 0.682. The molecule has 0 aliphatic rings. The number of methoxy groups -OCH3 is 1. The van der Waals surface area contributed by atoms with Crippen LogP contribution in [0.2, 0.25) is 5.02 Å². The summed E-state index contributed by atoms with van der Waals surface area (Å²) in [5.41, 5.74) is 0.199.